The molecular formula is C16H22F3N3O3. The molecule has 2 atom stereocenters. The number of ether oxygens (including phenoxy) is 1. The van der Waals surface area contributed by atoms with Crippen LogP contribution in [0.5, 0.6) is 0 Å². The molecule has 6 nitrogen and oxygen atoms in total. The van der Waals surface area contributed by atoms with Gasteiger partial charge in [-0.3, -0.25) is 9.89 Å². The number of carbonyl (C=O) groups is 1. The Balaban J connectivity index is 1.76. The van der Waals surface area contributed by atoms with Gasteiger partial charge in [-0.05, 0) is 26.7 Å². The summed E-state index contributed by atoms with van der Waals surface area (Å²) >= 11 is 0. The highest BCUT2D eigenvalue weighted by Gasteiger charge is 2.55. The molecule has 0 radical (unpaired) electrons. The van der Waals surface area contributed by atoms with Crippen LogP contribution < -0.4 is 0 Å². The molecule has 3 heterocycles. The second-order valence-electron chi connectivity index (χ2n) is 6.99. The predicted molar refractivity (Wildman–Crippen MR) is 82.0 cm³/mol. The van der Waals surface area contributed by atoms with Gasteiger partial charge in [-0.2, -0.15) is 18.3 Å². The number of aromatic amines is 1. The zero-order valence-corrected chi connectivity index (χ0v) is 14.2. The molecule has 25 heavy (non-hydrogen) atoms. The van der Waals surface area contributed by atoms with Crippen molar-refractivity contribution in [1.29, 1.82) is 0 Å². The van der Waals surface area contributed by atoms with Crippen LogP contribution in [0.3, 0.4) is 0 Å². The molecular weight excluding hydrogens is 339 g/mol. The van der Waals surface area contributed by atoms with Crippen LogP contribution in [0, 0.1) is 5.41 Å². The fraction of sp³-hybridized carbons (Fsp3) is 0.750. The first kappa shape index (κ1) is 18.2. The number of carbonyl (C=O) groups excluding carboxylic acids is 1. The number of aliphatic hydroxyl groups is 1. The predicted octanol–water partition coefficient (Wildman–Crippen LogP) is 2.21. The maximum absolute atomic E-state index is 13.2. The summed E-state index contributed by atoms with van der Waals surface area (Å²) in [6.45, 7) is 2.70. The number of alkyl halides is 3. The largest absolute Gasteiger partial charge is 0.396 e. The smallest absolute Gasteiger partial charge is 0.395 e. The second-order valence-corrected chi connectivity index (χ2v) is 6.99. The number of rotatable bonds is 2. The summed E-state index contributed by atoms with van der Waals surface area (Å²) in [5, 5.41) is 16.2. The molecule has 0 aliphatic carbocycles. The summed E-state index contributed by atoms with van der Waals surface area (Å²) in [4.78, 5) is 14.1. The number of halogens is 3. The van der Waals surface area contributed by atoms with E-state index in [0.29, 0.717) is 6.42 Å². The van der Waals surface area contributed by atoms with Gasteiger partial charge in [-0.15, -0.1) is 0 Å². The summed E-state index contributed by atoms with van der Waals surface area (Å²) < 4.78 is 45.3. The molecule has 1 saturated heterocycles. The van der Waals surface area contributed by atoms with E-state index in [0.717, 1.165) is 11.3 Å². The number of likely N-dealkylation sites (tertiary alicyclic amines) is 1. The normalized spacial score (nSPS) is 26.4. The van der Waals surface area contributed by atoms with Crippen molar-refractivity contribution in [2.75, 3.05) is 19.7 Å². The minimum Gasteiger partial charge on any atom is -0.395 e. The fourth-order valence-corrected chi connectivity index (χ4v) is 3.67. The van der Waals surface area contributed by atoms with Gasteiger partial charge in [0.15, 0.2) is 5.69 Å². The Morgan fingerprint density at radius 3 is 2.60 bits per heavy atom. The number of hydrogen-bond donors (Lipinski definition) is 2. The number of piperidine rings is 1. The molecule has 2 N–H and O–H groups in total. The van der Waals surface area contributed by atoms with E-state index in [1.54, 1.807) is 0 Å². The van der Waals surface area contributed by atoms with Gasteiger partial charge in [-0.25, -0.2) is 0 Å². The minimum atomic E-state index is -4.48. The Kier molecular flexibility index (Phi) is 4.57. The molecule has 2 aliphatic rings. The van der Waals surface area contributed by atoms with Crippen LogP contribution in [0.1, 0.15) is 54.5 Å². The number of nitrogens with one attached hydrogen (secondary N) is 1. The van der Waals surface area contributed by atoms with Gasteiger partial charge < -0.3 is 14.7 Å². The highest BCUT2D eigenvalue weighted by molar-refractivity contribution is 5.94. The zero-order valence-electron chi connectivity index (χ0n) is 14.2. The van der Waals surface area contributed by atoms with Gasteiger partial charge in [0.05, 0.1) is 29.9 Å². The maximum Gasteiger partial charge on any atom is 0.396 e. The average molecular weight is 361 g/mol. The summed E-state index contributed by atoms with van der Waals surface area (Å²) in [6, 6.07) is 0. The van der Waals surface area contributed by atoms with E-state index in [1.165, 1.54) is 4.90 Å². The van der Waals surface area contributed by atoms with E-state index < -0.39 is 18.2 Å². The number of aromatic nitrogens is 2. The average Bonchev–Trinajstić information content (AvgIpc) is 2.97. The standard InChI is InChI=1S/C16H22F3N3O3/c1-9-7-11-12(10(2)25-9)20-21-13(11)14(24)22-5-3-15(8-23,4-6-22)16(17,18)19/h9-10,23H,3-8H2,1-2H3,(H,20,21)/t9-,10+/m1/s1. The van der Waals surface area contributed by atoms with Crippen LogP contribution in [-0.4, -0.2) is 58.1 Å². The van der Waals surface area contributed by atoms with E-state index >= 15 is 0 Å². The number of aliphatic hydroxyl groups excluding tert-OH is 1. The first-order valence-corrected chi connectivity index (χ1v) is 8.38. The van der Waals surface area contributed by atoms with Crippen LogP contribution in [0.25, 0.3) is 0 Å². The Morgan fingerprint density at radius 1 is 1.40 bits per heavy atom. The van der Waals surface area contributed by atoms with Gasteiger partial charge in [0, 0.05) is 25.1 Å². The molecule has 0 aromatic carbocycles. The Hall–Kier alpha value is -1.61. The van der Waals surface area contributed by atoms with Crippen molar-refractivity contribution in [3.8, 4) is 0 Å². The second kappa shape index (κ2) is 6.28. The lowest BCUT2D eigenvalue weighted by molar-refractivity contribution is -0.247. The highest BCUT2D eigenvalue weighted by atomic mass is 19.4. The molecule has 0 unspecified atom stereocenters. The van der Waals surface area contributed by atoms with E-state index in [2.05, 4.69) is 10.2 Å². The summed E-state index contributed by atoms with van der Waals surface area (Å²) in [5.74, 6) is -0.368. The third-order valence-corrected chi connectivity index (χ3v) is 5.35. The van der Waals surface area contributed by atoms with Crippen LogP contribution in [0.15, 0.2) is 0 Å². The van der Waals surface area contributed by atoms with Crippen molar-refractivity contribution in [2.24, 2.45) is 5.41 Å². The van der Waals surface area contributed by atoms with Crippen molar-refractivity contribution < 1.29 is 27.8 Å². The first-order chi connectivity index (χ1) is 11.7. The number of H-pyrrole nitrogens is 1. The lowest BCUT2D eigenvalue weighted by Crippen LogP contribution is -2.51. The quantitative estimate of drug-likeness (QED) is 0.847. The van der Waals surface area contributed by atoms with E-state index in [1.807, 2.05) is 13.8 Å². The van der Waals surface area contributed by atoms with Crippen molar-refractivity contribution in [2.45, 2.75) is 51.5 Å². The van der Waals surface area contributed by atoms with Crippen LogP contribution in [0.4, 0.5) is 13.2 Å². The summed E-state index contributed by atoms with van der Waals surface area (Å²) in [7, 11) is 0. The van der Waals surface area contributed by atoms with Crippen LogP contribution in [-0.2, 0) is 11.2 Å². The van der Waals surface area contributed by atoms with E-state index in [-0.39, 0.29) is 49.7 Å². The number of hydrogen-bond acceptors (Lipinski definition) is 4. The number of amides is 1. The van der Waals surface area contributed by atoms with Gasteiger partial charge in [0.25, 0.3) is 5.91 Å². The first-order valence-electron chi connectivity index (χ1n) is 8.38. The topological polar surface area (TPSA) is 78.5 Å². The lowest BCUT2D eigenvalue weighted by Gasteiger charge is -2.41. The molecule has 1 fully saturated rings. The molecule has 9 heteroatoms. The van der Waals surface area contributed by atoms with Crippen LogP contribution >= 0.6 is 0 Å². The summed E-state index contributed by atoms with van der Waals surface area (Å²) in [6.07, 6.45) is -4.82. The third-order valence-electron chi connectivity index (χ3n) is 5.35. The molecule has 0 saturated carbocycles. The molecule has 0 bridgehead atoms. The Labute approximate surface area is 143 Å². The van der Waals surface area contributed by atoms with Crippen molar-refractivity contribution in [3.63, 3.8) is 0 Å². The summed E-state index contributed by atoms with van der Waals surface area (Å²) in [5.41, 5.74) is -0.323. The molecule has 140 valence electrons. The molecule has 1 aromatic heterocycles. The lowest BCUT2D eigenvalue weighted by atomic mass is 9.78. The monoisotopic (exact) mass is 361 g/mol. The number of fused-ring (bicyclic) bond motifs is 1. The number of nitrogens with zero attached hydrogens (tertiary/aromatic N) is 2. The van der Waals surface area contributed by atoms with Crippen LogP contribution in [0.2, 0.25) is 0 Å². The van der Waals surface area contributed by atoms with Gasteiger partial charge in [-0.1, -0.05) is 0 Å². The van der Waals surface area contributed by atoms with E-state index in [9.17, 15) is 23.1 Å². The molecule has 0 spiro atoms. The SMILES string of the molecule is C[C@@H]1Cc2c(C(=O)N3CCC(CO)(C(F)(F)F)CC3)n[nH]c2[C@H](C)O1. The van der Waals surface area contributed by atoms with Crippen molar-refractivity contribution in [1.82, 2.24) is 15.1 Å². The molecule has 1 amide bonds. The fourth-order valence-electron chi connectivity index (χ4n) is 3.67. The third kappa shape index (κ3) is 3.03. The van der Waals surface area contributed by atoms with Gasteiger partial charge in [0.1, 0.15) is 0 Å². The Bertz CT molecular complexity index is 651. The van der Waals surface area contributed by atoms with Gasteiger partial charge >= 0.3 is 6.18 Å². The zero-order chi connectivity index (χ0) is 18.4. The maximum atomic E-state index is 13.2. The van der Waals surface area contributed by atoms with Crippen molar-refractivity contribution >= 4 is 5.91 Å². The Morgan fingerprint density at radius 2 is 2.04 bits per heavy atom. The molecule has 3 rings (SSSR count). The van der Waals surface area contributed by atoms with E-state index in [4.69, 9.17) is 4.74 Å². The van der Waals surface area contributed by atoms with Crippen molar-refractivity contribution in [3.05, 3.63) is 17.0 Å². The van der Waals surface area contributed by atoms with Gasteiger partial charge in [0.2, 0.25) is 0 Å². The molecule has 2 aliphatic heterocycles. The highest BCUT2D eigenvalue weighted by Crippen LogP contribution is 2.46. The molecule has 1 aromatic rings. The minimum absolute atomic E-state index is 0.0534.